The van der Waals surface area contributed by atoms with Crippen molar-refractivity contribution in [2.75, 3.05) is 6.61 Å². The van der Waals surface area contributed by atoms with Gasteiger partial charge in [0, 0.05) is 5.41 Å². The van der Waals surface area contributed by atoms with Gasteiger partial charge >= 0.3 is 6.16 Å². The molecule has 120 valence electrons. The van der Waals surface area contributed by atoms with Crippen LogP contribution in [0.5, 0.6) is 0 Å². The van der Waals surface area contributed by atoms with Gasteiger partial charge in [0.2, 0.25) is 0 Å². The molecule has 3 unspecified atom stereocenters. The van der Waals surface area contributed by atoms with Crippen molar-refractivity contribution in [1.82, 2.24) is 0 Å². The second-order valence-electron chi connectivity index (χ2n) is 6.17. The average Bonchev–Trinajstić information content (AvgIpc) is 2.35. The van der Waals surface area contributed by atoms with Gasteiger partial charge in [-0.05, 0) is 33.6 Å². The van der Waals surface area contributed by atoms with E-state index in [1.807, 2.05) is 41.5 Å². The number of nitrogens with two attached hydrogens (primary N) is 1. The zero-order valence-corrected chi connectivity index (χ0v) is 14.0. The second-order valence-corrected chi connectivity index (χ2v) is 6.17. The number of hydrogen-bond donors (Lipinski definition) is 1. The van der Waals surface area contributed by atoms with E-state index in [1.54, 1.807) is 6.92 Å². The summed E-state index contributed by atoms with van der Waals surface area (Å²) in [7, 11) is 0. The van der Waals surface area contributed by atoms with E-state index in [9.17, 15) is 4.79 Å². The Morgan fingerprint density at radius 1 is 1.20 bits per heavy atom. The lowest BCUT2D eigenvalue weighted by atomic mass is 9.75. The molecule has 3 atom stereocenters. The molecule has 0 rings (SSSR count). The number of ether oxygens (including phenoxy) is 3. The van der Waals surface area contributed by atoms with Crippen molar-refractivity contribution >= 4 is 6.16 Å². The summed E-state index contributed by atoms with van der Waals surface area (Å²) in [6, 6.07) is 0. The van der Waals surface area contributed by atoms with Crippen molar-refractivity contribution in [2.45, 2.75) is 79.2 Å². The first-order valence-electron chi connectivity index (χ1n) is 7.34. The van der Waals surface area contributed by atoms with Crippen LogP contribution in [0.2, 0.25) is 0 Å². The van der Waals surface area contributed by atoms with Crippen LogP contribution >= 0.6 is 0 Å². The molecule has 0 bridgehead atoms. The third kappa shape index (κ3) is 5.67. The quantitative estimate of drug-likeness (QED) is 0.547. The van der Waals surface area contributed by atoms with Crippen molar-refractivity contribution in [2.24, 2.45) is 11.1 Å². The number of hydrogen-bond acceptors (Lipinski definition) is 5. The second kappa shape index (κ2) is 7.84. The molecule has 0 spiro atoms. The summed E-state index contributed by atoms with van der Waals surface area (Å²) in [5, 5.41) is 0. The van der Waals surface area contributed by atoms with Crippen molar-refractivity contribution in [1.29, 1.82) is 0 Å². The Labute approximate surface area is 123 Å². The first-order chi connectivity index (χ1) is 9.08. The van der Waals surface area contributed by atoms with E-state index < -0.39 is 11.8 Å². The third-order valence-corrected chi connectivity index (χ3v) is 3.99. The molecule has 0 aromatic carbocycles. The maximum Gasteiger partial charge on any atom is 0.509 e. The Morgan fingerprint density at radius 3 is 2.15 bits per heavy atom. The van der Waals surface area contributed by atoms with Crippen LogP contribution in [0, 0.1) is 5.41 Å². The third-order valence-electron chi connectivity index (χ3n) is 3.99. The fraction of sp³-hybridized carbons (Fsp3) is 0.933. The summed E-state index contributed by atoms with van der Waals surface area (Å²) >= 11 is 0. The molecule has 0 aliphatic carbocycles. The predicted octanol–water partition coefficient (Wildman–Crippen LogP) is 3.45. The van der Waals surface area contributed by atoms with E-state index in [-0.39, 0.29) is 17.7 Å². The summed E-state index contributed by atoms with van der Waals surface area (Å²) in [6.45, 7) is 13.8. The maximum absolute atomic E-state index is 11.9. The zero-order chi connectivity index (χ0) is 16.0. The molecule has 5 nitrogen and oxygen atoms in total. The summed E-state index contributed by atoms with van der Waals surface area (Å²) in [5.74, 6) is 0. The summed E-state index contributed by atoms with van der Waals surface area (Å²) in [6.07, 6.45) is 0.305. The van der Waals surface area contributed by atoms with Crippen molar-refractivity contribution in [3.05, 3.63) is 0 Å². The Bertz CT molecular complexity index is 304. The highest BCUT2D eigenvalue weighted by atomic mass is 16.7. The molecule has 0 radical (unpaired) electrons. The number of rotatable bonds is 8. The van der Waals surface area contributed by atoms with E-state index in [0.29, 0.717) is 13.0 Å². The van der Waals surface area contributed by atoms with Gasteiger partial charge in [-0.15, -0.1) is 0 Å². The standard InChI is InChI=1S/C15H31NO4/c1-8-11(3)19-13(17)20-15(7,9-2)14(5,6)10-18-12(4)16/h11-12H,8-10,16H2,1-7H3. The van der Waals surface area contributed by atoms with Gasteiger partial charge in [0.05, 0.1) is 6.61 Å². The van der Waals surface area contributed by atoms with Crippen LogP contribution in [0.15, 0.2) is 0 Å². The van der Waals surface area contributed by atoms with Crippen LogP contribution in [0.1, 0.15) is 61.3 Å². The Morgan fingerprint density at radius 2 is 1.75 bits per heavy atom. The molecule has 0 saturated carbocycles. The van der Waals surface area contributed by atoms with E-state index in [2.05, 4.69) is 0 Å². The first kappa shape index (κ1) is 19.2. The molecule has 0 aliphatic heterocycles. The molecule has 0 heterocycles. The van der Waals surface area contributed by atoms with Gasteiger partial charge < -0.3 is 19.9 Å². The van der Waals surface area contributed by atoms with Crippen molar-refractivity contribution < 1.29 is 19.0 Å². The smallest absolute Gasteiger partial charge is 0.431 e. The average molecular weight is 289 g/mol. The number of carbonyl (C=O) groups excluding carboxylic acids is 1. The molecule has 0 saturated heterocycles. The van der Waals surface area contributed by atoms with Crippen LogP contribution < -0.4 is 5.73 Å². The fourth-order valence-corrected chi connectivity index (χ4v) is 1.64. The highest BCUT2D eigenvalue weighted by Crippen LogP contribution is 2.37. The fourth-order valence-electron chi connectivity index (χ4n) is 1.64. The normalized spacial score (nSPS) is 18.0. The van der Waals surface area contributed by atoms with Crippen LogP contribution in [-0.2, 0) is 14.2 Å². The predicted molar refractivity (Wildman–Crippen MR) is 79.4 cm³/mol. The van der Waals surface area contributed by atoms with E-state index in [1.165, 1.54) is 0 Å². The maximum atomic E-state index is 11.9. The van der Waals surface area contributed by atoms with Crippen LogP contribution in [0.25, 0.3) is 0 Å². The van der Waals surface area contributed by atoms with E-state index >= 15 is 0 Å². The Hall–Kier alpha value is -0.810. The Balaban J connectivity index is 4.77. The van der Waals surface area contributed by atoms with Gasteiger partial charge in [-0.3, -0.25) is 0 Å². The lowest BCUT2D eigenvalue weighted by Crippen LogP contribution is -2.49. The summed E-state index contributed by atoms with van der Waals surface area (Å²) in [4.78, 5) is 11.9. The van der Waals surface area contributed by atoms with Gasteiger partial charge in [-0.1, -0.05) is 27.7 Å². The molecule has 5 heteroatoms. The van der Waals surface area contributed by atoms with E-state index in [0.717, 1.165) is 6.42 Å². The van der Waals surface area contributed by atoms with Crippen molar-refractivity contribution in [3.63, 3.8) is 0 Å². The molecule has 0 amide bonds. The number of carbonyl (C=O) groups is 1. The molecule has 0 aromatic rings. The topological polar surface area (TPSA) is 70.8 Å². The molecular formula is C15H31NO4. The molecular weight excluding hydrogens is 258 g/mol. The van der Waals surface area contributed by atoms with Gasteiger partial charge in [0.15, 0.2) is 0 Å². The molecule has 20 heavy (non-hydrogen) atoms. The lowest BCUT2D eigenvalue weighted by Gasteiger charge is -2.42. The van der Waals surface area contributed by atoms with Gasteiger partial charge in [-0.25, -0.2) is 4.79 Å². The van der Waals surface area contributed by atoms with Gasteiger partial charge in [-0.2, -0.15) is 0 Å². The largest absolute Gasteiger partial charge is 0.509 e. The lowest BCUT2D eigenvalue weighted by molar-refractivity contribution is -0.129. The molecule has 0 aromatic heterocycles. The molecule has 2 N–H and O–H groups in total. The Kier molecular flexibility index (Phi) is 7.52. The first-order valence-corrected chi connectivity index (χ1v) is 7.34. The highest BCUT2D eigenvalue weighted by Gasteiger charge is 2.44. The summed E-state index contributed by atoms with van der Waals surface area (Å²) < 4.78 is 16.3. The van der Waals surface area contributed by atoms with Crippen LogP contribution in [0.3, 0.4) is 0 Å². The zero-order valence-electron chi connectivity index (χ0n) is 14.0. The van der Waals surface area contributed by atoms with Crippen molar-refractivity contribution in [3.8, 4) is 0 Å². The van der Waals surface area contributed by atoms with Crippen LogP contribution in [0.4, 0.5) is 4.79 Å². The minimum Gasteiger partial charge on any atom is -0.431 e. The molecule has 0 aliphatic rings. The minimum absolute atomic E-state index is 0.146. The van der Waals surface area contributed by atoms with Gasteiger partial charge in [0.1, 0.15) is 17.9 Å². The SMILES string of the molecule is CCC(C)OC(=O)OC(C)(CC)C(C)(C)COC(C)N. The van der Waals surface area contributed by atoms with Gasteiger partial charge in [0.25, 0.3) is 0 Å². The highest BCUT2D eigenvalue weighted by molar-refractivity contribution is 5.61. The minimum atomic E-state index is -0.674. The molecule has 0 fully saturated rings. The van der Waals surface area contributed by atoms with Crippen LogP contribution in [-0.4, -0.2) is 30.7 Å². The van der Waals surface area contributed by atoms with E-state index in [4.69, 9.17) is 19.9 Å². The monoisotopic (exact) mass is 289 g/mol. The summed E-state index contributed by atoms with van der Waals surface area (Å²) in [5.41, 5.74) is 4.57.